The highest BCUT2D eigenvalue weighted by atomic mass is 16.7. The lowest BCUT2D eigenvalue weighted by Crippen LogP contribution is -2.60. The fraction of sp³-hybridized carbons (Fsp3) is 0.924. The van der Waals surface area contributed by atoms with Gasteiger partial charge in [-0.3, -0.25) is 4.79 Å². The fourth-order valence-electron chi connectivity index (χ4n) is 10.9. The molecule has 0 spiro atoms. The zero-order chi connectivity index (χ0) is 56.1. The molecule has 1 rings (SSSR count). The number of allylic oxidation sites excluding steroid dienone is 4. The third-order valence-corrected chi connectivity index (χ3v) is 16.3. The maximum atomic E-state index is 13.2. The number of ether oxygens (including phenoxy) is 2. The number of amides is 1. The molecule has 0 aliphatic carbocycles. The van der Waals surface area contributed by atoms with Crippen molar-refractivity contribution in [3.8, 4) is 0 Å². The first-order chi connectivity index (χ1) is 37.7. The standard InChI is InChI=1S/C66H127NO10/c1-3-5-7-9-11-13-15-17-19-21-23-25-26-27-28-29-30-31-32-33-34-36-38-40-42-44-46-48-50-52-54-59(70)65(75)67-57(56-76-66-64(74)63(73)62(72)60(55-68)77-66)61(71)58(69)53-51-49-47-45-43-41-39-37-35-24-22-20-18-16-14-12-10-8-6-4-2/h23,25,27-28,57-64,66,68-74H,3-22,24,26,29-56H2,1-2H3,(H,67,75)/b25-23-,28-27-. The van der Waals surface area contributed by atoms with Crippen LogP contribution in [0, 0.1) is 0 Å². The highest BCUT2D eigenvalue weighted by Crippen LogP contribution is 2.24. The van der Waals surface area contributed by atoms with E-state index in [2.05, 4.69) is 43.5 Å². The second-order valence-corrected chi connectivity index (χ2v) is 23.5. The fourth-order valence-corrected chi connectivity index (χ4v) is 10.9. The molecule has 1 saturated heterocycles. The van der Waals surface area contributed by atoms with Gasteiger partial charge in [0.05, 0.1) is 25.4 Å². The van der Waals surface area contributed by atoms with Crippen LogP contribution < -0.4 is 5.32 Å². The predicted octanol–water partition coefficient (Wildman–Crippen LogP) is 15.2. The normalized spacial score (nSPS) is 19.6. The first-order valence-corrected chi connectivity index (χ1v) is 33.2. The molecule has 1 heterocycles. The summed E-state index contributed by atoms with van der Waals surface area (Å²) in [5, 5.41) is 76.4. The van der Waals surface area contributed by atoms with E-state index in [1.807, 2.05) is 0 Å². The number of aliphatic hydroxyl groups is 7. The van der Waals surface area contributed by atoms with E-state index in [4.69, 9.17) is 9.47 Å². The zero-order valence-corrected chi connectivity index (χ0v) is 50.2. The molecule has 11 nitrogen and oxygen atoms in total. The lowest BCUT2D eigenvalue weighted by atomic mass is 9.98. The highest BCUT2D eigenvalue weighted by molar-refractivity contribution is 5.80. The highest BCUT2D eigenvalue weighted by Gasteiger charge is 2.44. The maximum Gasteiger partial charge on any atom is 0.249 e. The molecule has 8 N–H and O–H groups in total. The Hall–Kier alpha value is -1.41. The van der Waals surface area contributed by atoms with Gasteiger partial charge in [-0.25, -0.2) is 0 Å². The van der Waals surface area contributed by atoms with E-state index in [9.17, 15) is 40.5 Å². The first kappa shape index (κ1) is 73.6. The van der Waals surface area contributed by atoms with Gasteiger partial charge < -0.3 is 50.5 Å². The summed E-state index contributed by atoms with van der Waals surface area (Å²) in [6.07, 6.45) is 56.7. The molecular weight excluding hydrogens is 967 g/mol. The monoisotopic (exact) mass is 1090 g/mol. The minimum Gasteiger partial charge on any atom is -0.394 e. The number of carbonyl (C=O) groups is 1. The van der Waals surface area contributed by atoms with Gasteiger partial charge in [-0.05, 0) is 44.9 Å². The second-order valence-electron chi connectivity index (χ2n) is 23.5. The van der Waals surface area contributed by atoms with Gasteiger partial charge in [0, 0.05) is 0 Å². The van der Waals surface area contributed by atoms with Gasteiger partial charge in [0.25, 0.3) is 0 Å². The summed E-state index contributed by atoms with van der Waals surface area (Å²) >= 11 is 0. The topological polar surface area (TPSA) is 189 Å². The average molecular weight is 1090 g/mol. The molecule has 11 heteroatoms. The molecule has 0 radical (unpaired) electrons. The molecule has 0 aromatic heterocycles. The van der Waals surface area contributed by atoms with Crippen molar-refractivity contribution in [2.45, 2.75) is 377 Å². The van der Waals surface area contributed by atoms with Crippen molar-refractivity contribution in [1.82, 2.24) is 5.32 Å². The number of unbranched alkanes of at least 4 members (excludes halogenated alkanes) is 42. The van der Waals surface area contributed by atoms with E-state index in [1.165, 1.54) is 238 Å². The van der Waals surface area contributed by atoms with Crippen LogP contribution in [-0.4, -0.2) is 110 Å². The number of hydrogen-bond donors (Lipinski definition) is 8. The van der Waals surface area contributed by atoms with Crippen LogP contribution in [0.3, 0.4) is 0 Å². The Morgan fingerprint density at radius 3 is 1.16 bits per heavy atom. The van der Waals surface area contributed by atoms with Crippen LogP contribution in [0.25, 0.3) is 0 Å². The number of hydrogen-bond acceptors (Lipinski definition) is 10. The summed E-state index contributed by atoms with van der Waals surface area (Å²) in [7, 11) is 0. The van der Waals surface area contributed by atoms with Crippen molar-refractivity contribution in [3.63, 3.8) is 0 Å². The molecule has 77 heavy (non-hydrogen) atoms. The molecule has 0 aromatic carbocycles. The van der Waals surface area contributed by atoms with Crippen LogP contribution in [0.1, 0.15) is 322 Å². The van der Waals surface area contributed by atoms with Crippen LogP contribution in [-0.2, 0) is 14.3 Å². The van der Waals surface area contributed by atoms with Crippen LogP contribution >= 0.6 is 0 Å². The number of carbonyl (C=O) groups excluding carboxylic acids is 1. The SMILES string of the molecule is CCCCCCCCCCC/C=C\C/C=C\CCCCCCCCCCCCCCCCC(O)C(=O)NC(COC1OC(CO)C(O)C(O)C1O)C(O)C(O)CCCCCCCCCCCCCCCCCCCCCC. The number of aliphatic hydroxyl groups excluding tert-OH is 7. The van der Waals surface area contributed by atoms with E-state index in [1.54, 1.807) is 0 Å². The average Bonchev–Trinajstić information content (AvgIpc) is 3.43. The molecule has 9 unspecified atom stereocenters. The van der Waals surface area contributed by atoms with Gasteiger partial charge in [-0.1, -0.05) is 301 Å². The quantitative estimate of drug-likeness (QED) is 0.0215. The number of rotatable bonds is 58. The van der Waals surface area contributed by atoms with Crippen molar-refractivity contribution in [1.29, 1.82) is 0 Å². The van der Waals surface area contributed by atoms with Crippen LogP contribution in [0.2, 0.25) is 0 Å². The van der Waals surface area contributed by atoms with Crippen molar-refractivity contribution >= 4 is 5.91 Å². The van der Waals surface area contributed by atoms with Crippen molar-refractivity contribution < 1.29 is 50.0 Å². The molecule has 1 aliphatic rings. The Labute approximate surface area is 474 Å². The molecule has 9 atom stereocenters. The Kier molecular flexibility index (Phi) is 52.7. The van der Waals surface area contributed by atoms with Crippen molar-refractivity contribution in [2.75, 3.05) is 13.2 Å². The van der Waals surface area contributed by atoms with E-state index >= 15 is 0 Å². The molecule has 1 fully saturated rings. The van der Waals surface area contributed by atoms with Crippen LogP contribution in [0.4, 0.5) is 0 Å². The van der Waals surface area contributed by atoms with Gasteiger partial charge in [0.2, 0.25) is 5.91 Å². The Morgan fingerprint density at radius 2 is 0.792 bits per heavy atom. The maximum absolute atomic E-state index is 13.2. The summed E-state index contributed by atoms with van der Waals surface area (Å²) in [6.45, 7) is 3.50. The zero-order valence-electron chi connectivity index (χ0n) is 50.2. The van der Waals surface area contributed by atoms with E-state index in [0.29, 0.717) is 19.3 Å². The Morgan fingerprint density at radius 1 is 0.455 bits per heavy atom. The van der Waals surface area contributed by atoms with Crippen molar-refractivity contribution in [2.24, 2.45) is 0 Å². The van der Waals surface area contributed by atoms with E-state index < -0.39 is 74.2 Å². The summed E-state index contributed by atoms with van der Waals surface area (Å²) in [5.41, 5.74) is 0. The molecule has 1 amide bonds. The van der Waals surface area contributed by atoms with Gasteiger partial charge in [-0.15, -0.1) is 0 Å². The molecule has 0 aromatic rings. The third kappa shape index (κ3) is 43.0. The predicted molar refractivity (Wildman–Crippen MR) is 321 cm³/mol. The van der Waals surface area contributed by atoms with E-state index in [-0.39, 0.29) is 6.42 Å². The molecule has 0 bridgehead atoms. The van der Waals surface area contributed by atoms with Crippen LogP contribution in [0.15, 0.2) is 24.3 Å². The molecule has 1 aliphatic heterocycles. The summed E-state index contributed by atoms with van der Waals surface area (Å²) < 4.78 is 11.2. The van der Waals surface area contributed by atoms with Gasteiger partial charge in [-0.2, -0.15) is 0 Å². The molecular formula is C66H127NO10. The van der Waals surface area contributed by atoms with Crippen LogP contribution in [0.5, 0.6) is 0 Å². The minimum atomic E-state index is -1.66. The van der Waals surface area contributed by atoms with Gasteiger partial charge in [0.1, 0.15) is 36.6 Å². The third-order valence-electron chi connectivity index (χ3n) is 16.3. The Balaban J connectivity index is 2.21. The lowest BCUT2D eigenvalue weighted by molar-refractivity contribution is -0.303. The first-order valence-electron chi connectivity index (χ1n) is 33.2. The Bertz CT molecular complexity index is 1300. The molecule has 456 valence electrons. The second kappa shape index (κ2) is 55.1. The molecule has 0 saturated carbocycles. The van der Waals surface area contributed by atoms with Crippen molar-refractivity contribution in [3.05, 3.63) is 24.3 Å². The van der Waals surface area contributed by atoms with E-state index in [0.717, 1.165) is 44.9 Å². The lowest BCUT2D eigenvalue weighted by Gasteiger charge is -2.40. The van der Waals surface area contributed by atoms with Gasteiger partial charge >= 0.3 is 0 Å². The number of nitrogens with one attached hydrogen (secondary N) is 1. The largest absolute Gasteiger partial charge is 0.394 e. The smallest absolute Gasteiger partial charge is 0.249 e. The summed E-state index contributed by atoms with van der Waals surface area (Å²) in [4.78, 5) is 13.2. The minimum absolute atomic E-state index is 0.262. The van der Waals surface area contributed by atoms with Gasteiger partial charge in [0.15, 0.2) is 6.29 Å². The summed E-state index contributed by atoms with van der Waals surface area (Å²) in [6, 6.07) is -1.17. The summed E-state index contributed by atoms with van der Waals surface area (Å²) in [5.74, 6) is -0.692.